The molecule has 0 atom stereocenters. The van der Waals surface area contributed by atoms with E-state index in [1.807, 2.05) is 45.9 Å². The van der Waals surface area contributed by atoms with Crippen LogP contribution in [0.1, 0.15) is 45.4 Å². The molecule has 1 heterocycles. The molecule has 0 amide bonds. The van der Waals surface area contributed by atoms with Crippen molar-refractivity contribution in [2.75, 3.05) is 0 Å². The zero-order valence-electron chi connectivity index (χ0n) is 15.4. The molecule has 0 fully saturated rings. The Hall–Kier alpha value is -2.54. The van der Waals surface area contributed by atoms with Crippen molar-refractivity contribution in [2.24, 2.45) is 0 Å². The number of hydrogen-bond acceptors (Lipinski definition) is 0. The van der Waals surface area contributed by atoms with Crippen LogP contribution >= 0.6 is 0 Å². The Morgan fingerprint density at radius 2 is 1.58 bits per heavy atom. The molecule has 1 aliphatic rings. The molecule has 24 heavy (non-hydrogen) atoms. The molecule has 0 saturated heterocycles. The highest BCUT2D eigenvalue weighted by atomic mass is 15.0. The standard InChI is InChI=1S/C19H17N.2C2H6/c1-3-10-18-15(2)17-13-8-5-9-14-19(17)20(18)16-11-6-4-7-12-16;2*1-2/h3-4,6-14H,1-2,5H2;2*1-2H3/b18-10+;;. The number of allylic oxidation sites excluding steroid dienone is 3. The first-order valence-corrected chi connectivity index (χ1v) is 8.78. The number of rotatable bonds is 2. The van der Waals surface area contributed by atoms with Gasteiger partial charge in [0.15, 0.2) is 0 Å². The molecule has 0 radical (unpaired) electrons. The minimum absolute atomic E-state index is 0.962. The predicted molar refractivity (Wildman–Crippen MR) is 111 cm³/mol. The van der Waals surface area contributed by atoms with Gasteiger partial charge in [-0.05, 0) is 30.7 Å². The molecule has 1 heteroatoms. The lowest BCUT2D eigenvalue weighted by Crippen LogP contribution is -2.27. The van der Waals surface area contributed by atoms with Crippen molar-refractivity contribution in [3.05, 3.63) is 77.0 Å². The Bertz CT molecular complexity index is 802. The Morgan fingerprint density at radius 1 is 0.958 bits per heavy atom. The molecule has 2 aromatic rings. The summed E-state index contributed by atoms with van der Waals surface area (Å²) in [5.41, 5.74) is 3.52. The average Bonchev–Trinajstić information content (AvgIpc) is 2.81. The van der Waals surface area contributed by atoms with Gasteiger partial charge in [0.1, 0.15) is 0 Å². The third-order valence-electron chi connectivity index (χ3n) is 3.51. The van der Waals surface area contributed by atoms with Crippen LogP contribution in [-0.4, -0.2) is 4.57 Å². The fourth-order valence-corrected chi connectivity index (χ4v) is 2.61. The molecule has 1 aromatic heterocycles. The van der Waals surface area contributed by atoms with Crippen molar-refractivity contribution in [1.29, 1.82) is 0 Å². The second kappa shape index (κ2) is 10.3. The van der Waals surface area contributed by atoms with E-state index in [1.54, 1.807) is 0 Å². The topological polar surface area (TPSA) is 4.93 Å². The molecule has 3 rings (SSSR count). The van der Waals surface area contributed by atoms with Crippen LogP contribution in [0.4, 0.5) is 0 Å². The molecule has 126 valence electrons. The van der Waals surface area contributed by atoms with Crippen LogP contribution in [-0.2, 0) is 0 Å². The zero-order valence-corrected chi connectivity index (χ0v) is 15.4. The lowest BCUT2D eigenvalue weighted by Gasteiger charge is -2.07. The summed E-state index contributed by atoms with van der Waals surface area (Å²) in [6.07, 6.45) is 13.5. The highest BCUT2D eigenvalue weighted by Crippen LogP contribution is 2.17. The molecule has 1 aliphatic carbocycles. The molecule has 0 spiro atoms. The van der Waals surface area contributed by atoms with Gasteiger partial charge in [-0.1, -0.05) is 83.4 Å². The molecule has 0 saturated carbocycles. The monoisotopic (exact) mass is 319 g/mol. The van der Waals surface area contributed by atoms with Crippen LogP contribution in [0.5, 0.6) is 0 Å². The highest BCUT2D eigenvalue weighted by Gasteiger charge is 2.11. The maximum absolute atomic E-state index is 4.26. The summed E-state index contributed by atoms with van der Waals surface area (Å²) in [6.45, 7) is 16.1. The van der Waals surface area contributed by atoms with Crippen LogP contribution in [0, 0.1) is 0 Å². The number of fused-ring (bicyclic) bond motifs is 1. The average molecular weight is 319 g/mol. The van der Waals surface area contributed by atoms with E-state index in [1.165, 1.54) is 11.3 Å². The maximum atomic E-state index is 4.26. The SMILES string of the molecule is C=C/C=c1\c(=C)c2c(n1-c1ccccc1)C=CCC=C2.CC.CC. The van der Waals surface area contributed by atoms with Crippen LogP contribution in [0.3, 0.4) is 0 Å². The third-order valence-corrected chi connectivity index (χ3v) is 3.51. The summed E-state index contributed by atoms with van der Waals surface area (Å²) < 4.78 is 2.24. The zero-order chi connectivity index (χ0) is 17.9. The van der Waals surface area contributed by atoms with Gasteiger partial charge in [-0.2, -0.15) is 0 Å². The number of benzene rings is 1. The molecule has 0 aliphatic heterocycles. The van der Waals surface area contributed by atoms with E-state index in [9.17, 15) is 0 Å². The number of para-hydroxylation sites is 1. The first kappa shape index (κ1) is 19.5. The quantitative estimate of drug-likeness (QED) is 0.704. The summed E-state index contributed by atoms with van der Waals surface area (Å²) in [5.74, 6) is 0. The number of nitrogens with zero attached hydrogens (tertiary/aromatic N) is 1. The van der Waals surface area contributed by atoms with Crippen molar-refractivity contribution in [3.8, 4) is 5.69 Å². The van der Waals surface area contributed by atoms with Crippen LogP contribution < -0.4 is 10.6 Å². The lowest BCUT2D eigenvalue weighted by molar-refractivity contribution is 1.01. The Morgan fingerprint density at radius 3 is 2.21 bits per heavy atom. The third kappa shape index (κ3) is 4.05. The summed E-state index contributed by atoms with van der Waals surface area (Å²) in [5, 5.41) is 2.14. The van der Waals surface area contributed by atoms with E-state index in [4.69, 9.17) is 0 Å². The smallest absolute Gasteiger partial charge is 0.0537 e. The molecular weight excluding hydrogens is 290 g/mol. The van der Waals surface area contributed by atoms with Crippen LogP contribution in [0.2, 0.25) is 0 Å². The molecule has 0 N–H and O–H groups in total. The van der Waals surface area contributed by atoms with Gasteiger partial charge in [0.2, 0.25) is 0 Å². The fraction of sp³-hybridized carbons (Fsp3) is 0.217. The van der Waals surface area contributed by atoms with Crippen LogP contribution in [0.15, 0.2) is 55.1 Å². The first-order valence-electron chi connectivity index (χ1n) is 8.78. The minimum atomic E-state index is 0.962. The second-order valence-corrected chi connectivity index (χ2v) is 4.78. The summed E-state index contributed by atoms with van der Waals surface area (Å²) in [4.78, 5) is 0. The fourth-order valence-electron chi connectivity index (χ4n) is 2.61. The number of hydrogen-bond donors (Lipinski definition) is 0. The molecule has 0 bridgehead atoms. The van der Waals surface area contributed by atoms with Crippen molar-refractivity contribution in [3.63, 3.8) is 0 Å². The molecule has 1 aromatic carbocycles. The second-order valence-electron chi connectivity index (χ2n) is 4.78. The lowest BCUT2D eigenvalue weighted by atomic mass is 10.2. The Balaban J connectivity index is 0.000000671. The van der Waals surface area contributed by atoms with E-state index in [2.05, 4.69) is 66.3 Å². The highest BCUT2D eigenvalue weighted by molar-refractivity contribution is 5.69. The van der Waals surface area contributed by atoms with E-state index in [0.717, 1.165) is 22.7 Å². The summed E-state index contributed by atoms with van der Waals surface area (Å²) >= 11 is 0. The van der Waals surface area contributed by atoms with Gasteiger partial charge in [-0.3, -0.25) is 0 Å². The molecule has 1 nitrogen and oxygen atoms in total. The minimum Gasteiger partial charge on any atom is -0.309 e. The molecule has 0 unspecified atom stereocenters. The Labute approximate surface area is 146 Å². The van der Waals surface area contributed by atoms with E-state index >= 15 is 0 Å². The summed E-state index contributed by atoms with van der Waals surface area (Å²) in [7, 11) is 0. The van der Waals surface area contributed by atoms with Crippen molar-refractivity contribution in [2.45, 2.75) is 34.1 Å². The molecular formula is C23H29N. The predicted octanol–water partition coefficient (Wildman–Crippen LogP) is 5.34. The largest absolute Gasteiger partial charge is 0.309 e. The Kier molecular flexibility index (Phi) is 8.35. The van der Waals surface area contributed by atoms with Gasteiger partial charge < -0.3 is 4.57 Å². The normalized spacial score (nSPS) is 12.2. The van der Waals surface area contributed by atoms with Crippen molar-refractivity contribution in [1.82, 2.24) is 4.57 Å². The van der Waals surface area contributed by atoms with E-state index in [-0.39, 0.29) is 0 Å². The first-order chi connectivity index (χ1) is 11.8. The van der Waals surface area contributed by atoms with E-state index < -0.39 is 0 Å². The number of aromatic nitrogens is 1. The van der Waals surface area contributed by atoms with Gasteiger partial charge >= 0.3 is 0 Å². The van der Waals surface area contributed by atoms with Gasteiger partial charge in [0.25, 0.3) is 0 Å². The summed E-state index contributed by atoms with van der Waals surface area (Å²) in [6, 6.07) is 10.4. The maximum Gasteiger partial charge on any atom is 0.0537 e. The van der Waals surface area contributed by atoms with Gasteiger partial charge in [0.05, 0.1) is 11.0 Å². The van der Waals surface area contributed by atoms with E-state index in [0.29, 0.717) is 0 Å². The van der Waals surface area contributed by atoms with Crippen LogP contribution in [0.25, 0.3) is 30.5 Å². The van der Waals surface area contributed by atoms with Gasteiger partial charge in [0, 0.05) is 16.5 Å². The van der Waals surface area contributed by atoms with Crippen molar-refractivity contribution >= 4 is 24.8 Å². The van der Waals surface area contributed by atoms with Crippen molar-refractivity contribution < 1.29 is 0 Å². The van der Waals surface area contributed by atoms with Gasteiger partial charge in [-0.15, -0.1) is 0 Å². The van der Waals surface area contributed by atoms with Gasteiger partial charge in [-0.25, -0.2) is 0 Å².